The number of nitrogen functional groups attached to an aromatic ring is 2. The van der Waals surface area contributed by atoms with Gasteiger partial charge in [-0.2, -0.15) is 4.98 Å². The van der Waals surface area contributed by atoms with E-state index < -0.39 is 6.09 Å². The fraction of sp³-hybridized carbons (Fsp3) is 0.478. The SMILES string of the molecule is C#CCOC(=O)NCCOCCOCCOCCOCCC(=O)NCc1cnc(N2CCN(c3ncc(C(=O)CCCCCN4NC(c5ccc6oc(N)nc6c5)c5c(N)ncnc54)cn3)CC2)nc1. The summed E-state index contributed by atoms with van der Waals surface area (Å²) >= 11 is 0. The largest absolute Gasteiger partial charge is 0.436 e. The molecule has 0 bridgehead atoms. The van der Waals surface area contributed by atoms with Crippen LogP contribution in [-0.2, 0) is 35.0 Å². The average Bonchev–Trinajstić information content (AvgIpc) is 3.96. The average molecular weight is 966 g/mol. The number of hydrazine groups is 1. The summed E-state index contributed by atoms with van der Waals surface area (Å²) in [6.07, 6.45) is 15.5. The number of terminal acetylenes is 1. The molecule has 1 fully saturated rings. The minimum Gasteiger partial charge on any atom is -0.436 e. The quantitative estimate of drug-likeness (QED) is 0.0272. The van der Waals surface area contributed by atoms with E-state index in [4.69, 9.17) is 41.3 Å². The summed E-state index contributed by atoms with van der Waals surface area (Å²) in [5.74, 6) is 4.36. The van der Waals surface area contributed by atoms with E-state index in [1.807, 2.05) is 23.2 Å². The Hall–Kier alpha value is -7.30. The van der Waals surface area contributed by atoms with Crippen LogP contribution in [0.5, 0.6) is 0 Å². The maximum Gasteiger partial charge on any atom is 0.408 e. The Morgan fingerprint density at radius 3 is 2.13 bits per heavy atom. The van der Waals surface area contributed by atoms with Crippen LogP contribution in [0.1, 0.15) is 65.2 Å². The topological polar surface area (TPSA) is 299 Å². The number of carbonyl (C=O) groups excluding carboxylic acids is 3. The minimum atomic E-state index is -0.583. The van der Waals surface area contributed by atoms with Crippen molar-refractivity contribution in [2.75, 3.05) is 125 Å². The standard InChI is InChI=1S/C46H59N15O9/c1-2-16-69-46(64)49-10-18-66-20-22-68-24-23-67-21-19-65-17-9-38(63)50-26-32-27-51-44(52-28-32)59-12-14-60(15-13-59)45-53-29-34(30-54-45)36(62)6-4-3-5-11-61-42-39(41(47)55-31-56-42)40(58-61)33-7-8-37-35(25-33)57-43(48)70-37/h1,7-8,25,27-31,40,58H,3-6,9-24,26H2,(H2,48,57)(H,49,64)(H,50,63)(H2,47,55,56). The van der Waals surface area contributed by atoms with Gasteiger partial charge >= 0.3 is 6.09 Å². The molecule has 70 heavy (non-hydrogen) atoms. The lowest BCUT2D eigenvalue weighted by Crippen LogP contribution is -2.47. The number of ether oxygens (including phenoxy) is 5. The third kappa shape index (κ3) is 14.8. The Morgan fingerprint density at radius 1 is 0.786 bits per heavy atom. The van der Waals surface area contributed by atoms with Crippen LogP contribution in [0.2, 0.25) is 0 Å². The summed E-state index contributed by atoms with van der Waals surface area (Å²) in [5, 5.41) is 7.37. The number of aromatic nitrogens is 7. The smallest absolute Gasteiger partial charge is 0.408 e. The molecular formula is C46H59N15O9. The molecule has 1 unspecified atom stereocenters. The first-order valence-electron chi connectivity index (χ1n) is 23.1. The summed E-state index contributed by atoms with van der Waals surface area (Å²) in [6, 6.07) is 5.53. The van der Waals surface area contributed by atoms with E-state index in [-0.39, 0.29) is 43.4 Å². The molecule has 5 aromatic rings. The van der Waals surface area contributed by atoms with Gasteiger partial charge < -0.3 is 60.0 Å². The molecule has 0 radical (unpaired) electrons. The van der Waals surface area contributed by atoms with Crippen LogP contribution in [0.4, 0.5) is 34.3 Å². The van der Waals surface area contributed by atoms with Gasteiger partial charge in [0, 0.05) is 89.0 Å². The molecular weight excluding hydrogens is 907 g/mol. The van der Waals surface area contributed by atoms with Gasteiger partial charge in [0.25, 0.3) is 6.01 Å². The molecule has 24 heteroatoms. The molecule has 2 amide bonds. The normalized spacial score (nSPS) is 14.4. The monoisotopic (exact) mass is 965 g/mol. The number of benzene rings is 1. The van der Waals surface area contributed by atoms with Crippen LogP contribution >= 0.6 is 0 Å². The van der Waals surface area contributed by atoms with Gasteiger partial charge in [0.15, 0.2) is 23.8 Å². The van der Waals surface area contributed by atoms with Crippen LogP contribution in [0.25, 0.3) is 11.1 Å². The van der Waals surface area contributed by atoms with Crippen molar-refractivity contribution in [3.8, 4) is 12.3 Å². The van der Waals surface area contributed by atoms with Crippen molar-refractivity contribution in [3.63, 3.8) is 0 Å². The Kier molecular flexibility index (Phi) is 19.1. The lowest BCUT2D eigenvalue weighted by Gasteiger charge is -2.34. The first kappa shape index (κ1) is 50.6. The van der Waals surface area contributed by atoms with E-state index in [0.717, 1.165) is 35.3 Å². The Balaban J connectivity index is 0.705. The summed E-state index contributed by atoms with van der Waals surface area (Å²) in [5.41, 5.74) is 19.9. The molecule has 2 aliphatic rings. The van der Waals surface area contributed by atoms with Crippen molar-refractivity contribution >= 4 is 58.4 Å². The van der Waals surface area contributed by atoms with E-state index in [9.17, 15) is 14.4 Å². The fourth-order valence-corrected chi connectivity index (χ4v) is 7.54. The molecule has 0 spiro atoms. The zero-order valence-corrected chi connectivity index (χ0v) is 38.9. The number of hydrogen-bond acceptors (Lipinski definition) is 22. The van der Waals surface area contributed by atoms with E-state index in [1.54, 1.807) is 24.8 Å². The third-order valence-corrected chi connectivity index (χ3v) is 11.1. The number of alkyl carbamates (subject to hydrolysis) is 1. The molecule has 1 aromatic carbocycles. The zero-order chi connectivity index (χ0) is 48.9. The number of carbonyl (C=O) groups is 3. The van der Waals surface area contributed by atoms with Gasteiger partial charge in [-0.1, -0.05) is 18.4 Å². The number of piperazine rings is 1. The predicted molar refractivity (Wildman–Crippen MR) is 256 cm³/mol. The Morgan fingerprint density at radius 2 is 1.44 bits per heavy atom. The second-order valence-corrected chi connectivity index (χ2v) is 16.0. The fourth-order valence-electron chi connectivity index (χ4n) is 7.54. The van der Waals surface area contributed by atoms with Crippen LogP contribution in [0.15, 0.2) is 53.7 Å². The molecule has 0 aliphatic carbocycles. The summed E-state index contributed by atoms with van der Waals surface area (Å²) < 4.78 is 31.9. The minimum absolute atomic E-state index is 0.00333. The highest BCUT2D eigenvalue weighted by molar-refractivity contribution is 5.95. The second kappa shape index (κ2) is 26.5. The van der Waals surface area contributed by atoms with Crippen LogP contribution < -0.4 is 42.3 Å². The number of fused-ring (bicyclic) bond motifs is 2. The number of amides is 2. The van der Waals surface area contributed by atoms with Gasteiger partial charge in [-0.15, -0.1) is 6.42 Å². The molecule has 372 valence electrons. The number of Topliss-reactive ketones (excluding diaryl/α,β-unsaturated/α-hetero) is 1. The molecule has 6 heterocycles. The maximum atomic E-state index is 13.1. The molecule has 1 atom stereocenters. The molecule has 4 aromatic heterocycles. The van der Waals surface area contributed by atoms with Crippen molar-refractivity contribution in [3.05, 3.63) is 71.6 Å². The van der Waals surface area contributed by atoms with Gasteiger partial charge in [-0.05, 0) is 30.5 Å². The lowest BCUT2D eigenvalue weighted by molar-refractivity contribution is -0.122. The molecule has 2 aliphatic heterocycles. The maximum absolute atomic E-state index is 13.1. The second-order valence-electron chi connectivity index (χ2n) is 16.0. The number of hydrogen-bond donors (Lipinski definition) is 5. The van der Waals surface area contributed by atoms with E-state index in [2.05, 4.69) is 71.4 Å². The Labute approximate surface area is 404 Å². The number of anilines is 5. The van der Waals surface area contributed by atoms with Crippen LogP contribution in [0, 0.1) is 12.3 Å². The van der Waals surface area contributed by atoms with E-state index in [1.165, 1.54) is 6.33 Å². The van der Waals surface area contributed by atoms with Gasteiger partial charge in [0.05, 0.1) is 70.0 Å². The number of ketones is 1. The highest BCUT2D eigenvalue weighted by atomic mass is 16.6. The van der Waals surface area contributed by atoms with E-state index >= 15 is 0 Å². The number of nitrogens with one attached hydrogen (secondary N) is 3. The lowest BCUT2D eigenvalue weighted by atomic mass is 10.0. The van der Waals surface area contributed by atoms with Crippen molar-refractivity contribution in [1.29, 1.82) is 0 Å². The summed E-state index contributed by atoms with van der Waals surface area (Å²) in [7, 11) is 0. The van der Waals surface area contributed by atoms with Crippen molar-refractivity contribution in [1.82, 2.24) is 50.9 Å². The third-order valence-electron chi connectivity index (χ3n) is 11.1. The molecule has 24 nitrogen and oxygen atoms in total. The van der Waals surface area contributed by atoms with E-state index in [0.29, 0.717) is 139 Å². The Bertz CT molecular complexity index is 2500. The number of nitrogens with zero attached hydrogens (tertiary/aromatic N) is 10. The van der Waals surface area contributed by atoms with Gasteiger partial charge in [0.1, 0.15) is 17.7 Å². The highest BCUT2D eigenvalue weighted by Crippen LogP contribution is 2.39. The van der Waals surface area contributed by atoms with Gasteiger partial charge in [-0.25, -0.2) is 40.1 Å². The molecule has 0 saturated carbocycles. The first-order valence-corrected chi connectivity index (χ1v) is 23.1. The molecule has 7 rings (SSSR count). The summed E-state index contributed by atoms with van der Waals surface area (Å²) in [4.78, 5) is 71.9. The number of oxazole rings is 1. The molecule has 1 saturated heterocycles. The van der Waals surface area contributed by atoms with Crippen molar-refractivity contribution < 1.29 is 42.5 Å². The summed E-state index contributed by atoms with van der Waals surface area (Å²) in [6.45, 7) is 6.73. The highest BCUT2D eigenvalue weighted by Gasteiger charge is 2.33. The zero-order valence-electron chi connectivity index (χ0n) is 38.9. The number of unbranched alkanes of at least 4 members (excludes halogenated alkanes) is 2. The predicted octanol–water partition coefficient (Wildman–Crippen LogP) is 1.98. The number of rotatable bonds is 28. The van der Waals surface area contributed by atoms with Gasteiger partial charge in [0.2, 0.25) is 17.8 Å². The van der Waals surface area contributed by atoms with Crippen LogP contribution in [0.3, 0.4) is 0 Å². The first-order chi connectivity index (χ1) is 34.2. The van der Waals surface area contributed by atoms with Crippen LogP contribution in [-0.4, -0.2) is 151 Å². The van der Waals surface area contributed by atoms with Crippen molar-refractivity contribution in [2.45, 2.75) is 44.7 Å². The van der Waals surface area contributed by atoms with Gasteiger partial charge in [-0.3, -0.25) is 14.6 Å². The molecule has 7 N–H and O–H groups in total. The number of nitrogens with two attached hydrogens (primary N) is 2. The van der Waals surface area contributed by atoms with Crippen molar-refractivity contribution in [2.24, 2.45) is 0 Å².